The third kappa shape index (κ3) is 4.56. The molecule has 2 aromatic rings. The number of piperidine rings is 1. The molecule has 8 nitrogen and oxygen atoms in total. The van der Waals surface area contributed by atoms with Crippen LogP contribution in [0.5, 0.6) is 0 Å². The number of urea groups is 1. The fourth-order valence-electron chi connectivity index (χ4n) is 2.79. The number of carbonyl (C=O) groups excluding carboxylic acids is 2. The number of aromatic nitrogens is 2. The van der Waals surface area contributed by atoms with E-state index in [0.29, 0.717) is 37.6 Å². The van der Waals surface area contributed by atoms with Gasteiger partial charge < -0.3 is 20.1 Å². The number of nitrogens with one attached hydrogen (secondary N) is 2. The second kappa shape index (κ2) is 7.78. The van der Waals surface area contributed by atoms with E-state index in [0.717, 1.165) is 5.69 Å². The van der Waals surface area contributed by atoms with Crippen LogP contribution in [-0.4, -0.2) is 40.1 Å². The van der Waals surface area contributed by atoms with E-state index in [-0.39, 0.29) is 24.4 Å². The molecule has 0 aliphatic carbocycles. The molecule has 0 atom stereocenters. The van der Waals surface area contributed by atoms with E-state index in [2.05, 4.69) is 20.8 Å². The van der Waals surface area contributed by atoms with Crippen molar-refractivity contribution >= 4 is 17.6 Å². The number of benzene rings is 1. The van der Waals surface area contributed by atoms with Crippen LogP contribution in [0.4, 0.5) is 10.5 Å². The highest BCUT2D eigenvalue weighted by Gasteiger charge is 2.27. The van der Waals surface area contributed by atoms with E-state index in [9.17, 15) is 9.59 Å². The van der Waals surface area contributed by atoms with Gasteiger partial charge in [-0.3, -0.25) is 4.79 Å². The van der Waals surface area contributed by atoms with E-state index in [1.807, 2.05) is 30.3 Å². The first-order chi connectivity index (χ1) is 12.1. The lowest BCUT2D eigenvalue weighted by Gasteiger charge is -2.31. The first-order valence-electron chi connectivity index (χ1n) is 8.29. The number of hydrogen-bond acceptors (Lipinski definition) is 5. The number of nitrogens with zero attached hydrogens (tertiary/aromatic N) is 3. The minimum atomic E-state index is -0.133. The monoisotopic (exact) mass is 343 g/mol. The van der Waals surface area contributed by atoms with Crippen LogP contribution in [0.2, 0.25) is 0 Å². The molecular formula is C17H21N5O3. The molecule has 3 rings (SSSR count). The minimum Gasteiger partial charge on any atom is -0.347 e. The van der Waals surface area contributed by atoms with Crippen LogP contribution < -0.4 is 10.6 Å². The molecule has 1 aromatic carbocycles. The highest BCUT2D eigenvalue weighted by molar-refractivity contribution is 5.89. The number of hydrogen-bond donors (Lipinski definition) is 2. The largest absolute Gasteiger partial charge is 0.347 e. The molecule has 8 heteroatoms. The van der Waals surface area contributed by atoms with Crippen molar-refractivity contribution in [2.75, 3.05) is 18.4 Å². The lowest BCUT2D eigenvalue weighted by molar-refractivity contribution is -0.126. The van der Waals surface area contributed by atoms with Gasteiger partial charge in [0.15, 0.2) is 5.82 Å². The number of anilines is 1. The Morgan fingerprint density at radius 3 is 2.60 bits per heavy atom. The molecule has 1 fully saturated rings. The van der Waals surface area contributed by atoms with Crippen molar-refractivity contribution in [2.45, 2.75) is 26.3 Å². The van der Waals surface area contributed by atoms with Crippen LogP contribution in [0, 0.1) is 12.8 Å². The van der Waals surface area contributed by atoms with E-state index in [1.165, 1.54) is 0 Å². The van der Waals surface area contributed by atoms with Crippen molar-refractivity contribution < 1.29 is 14.1 Å². The maximum Gasteiger partial charge on any atom is 0.321 e. The summed E-state index contributed by atoms with van der Waals surface area (Å²) in [4.78, 5) is 30.3. The first-order valence-corrected chi connectivity index (χ1v) is 8.29. The molecule has 2 heterocycles. The van der Waals surface area contributed by atoms with Gasteiger partial charge in [-0.2, -0.15) is 4.98 Å². The number of aryl methyl sites for hydroxylation is 1. The fourth-order valence-corrected chi connectivity index (χ4v) is 2.79. The molecular weight excluding hydrogens is 322 g/mol. The molecule has 0 spiro atoms. The van der Waals surface area contributed by atoms with Gasteiger partial charge in [0, 0.05) is 24.7 Å². The number of para-hydroxylation sites is 1. The van der Waals surface area contributed by atoms with Crippen molar-refractivity contribution in [3.05, 3.63) is 42.0 Å². The molecule has 2 N–H and O–H groups in total. The molecule has 1 aliphatic heterocycles. The fraction of sp³-hybridized carbons (Fsp3) is 0.412. The predicted molar refractivity (Wildman–Crippen MR) is 90.6 cm³/mol. The van der Waals surface area contributed by atoms with E-state index >= 15 is 0 Å². The predicted octanol–water partition coefficient (Wildman–Crippen LogP) is 1.94. The van der Waals surface area contributed by atoms with Crippen molar-refractivity contribution in [1.82, 2.24) is 20.4 Å². The van der Waals surface area contributed by atoms with Gasteiger partial charge in [-0.1, -0.05) is 23.4 Å². The normalized spacial score (nSPS) is 15.0. The zero-order chi connectivity index (χ0) is 17.6. The Balaban J connectivity index is 1.43. The summed E-state index contributed by atoms with van der Waals surface area (Å²) in [6.45, 7) is 3.06. The smallest absolute Gasteiger partial charge is 0.321 e. The van der Waals surface area contributed by atoms with E-state index < -0.39 is 0 Å². The number of amides is 3. The van der Waals surface area contributed by atoms with Crippen molar-refractivity contribution in [2.24, 2.45) is 5.92 Å². The molecule has 0 bridgehead atoms. The number of rotatable bonds is 4. The number of likely N-dealkylation sites (tertiary alicyclic amines) is 1. The highest BCUT2D eigenvalue weighted by atomic mass is 16.5. The first kappa shape index (κ1) is 16.9. The zero-order valence-electron chi connectivity index (χ0n) is 14.1. The maximum atomic E-state index is 12.2. The molecule has 1 aromatic heterocycles. The van der Waals surface area contributed by atoms with E-state index in [4.69, 9.17) is 4.52 Å². The van der Waals surface area contributed by atoms with Gasteiger partial charge in [-0.25, -0.2) is 4.79 Å². The second-order valence-electron chi connectivity index (χ2n) is 6.01. The van der Waals surface area contributed by atoms with Gasteiger partial charge in [0.2, 0.25) is 11.8 Å². The van der Waals surface area contributed by atoms with Crippen LogP contribution in [0.15, 0.2) is 34.9 Å². The summed E-state index contributed by atoms with van der Waals surface area (Å²) >= 11 is 0. The Labute approximate surface area is 145 Å². The quantitative estimate of drug-likeness (QED) is 0.883. The Kier molecular flexibility index (Phi) is 5.27. The topological polar surface area (TPSA) is 100 Å². The van der Waals surface area contributed by atoms with Crippen LogP contribution in [0.1, 0.15) is 24.6 Å². The molecule has 1 saturated heterocycles. The Hall–Kier alpha value is -2.90. The average Bonchev–Trinajstić information content (AvgIpc) is 3.06. The average molecular weight is 343 g/mol. The lowest BCUT2D eigenvalue weighted by Crippen LogP contribution is -2.44. The molecule has 0 saturated carbocycles. The minimum absolute atomic E-state index is 0.0426. The van der Waals surface area contributed by atoms with Crippen LogP contribution in [-0.2, 0) is 11.3 Å². The SMILES string of the molecule is Cc1noc(CNC(=O)C2CCN(C(=O)Nc3ccccc3)CC2)n1. The van der Waals surface area contributed by atoms with Crippen LogP contribution in [0.25, 0.3) is 0 Å². The third-order valence-corrected chi connectivity index (χ3v) is 4.16. The van der Waals surface area contributed by atoms with Gasteiger partial charge in [0.05, 0.1) is 6.54 Å². The summed E-state index contributed by atoms with van der Waals surface area (Å²) in [5.74, 6) is 0.788. The highest BCUT2D eigenvalue weighted by Crippen LogP contribution is 2.18. The van der Waals surface area contributed by atoms with Crippen molar-refractivity contribution in [1.29, 1.82) is 0 Å². The van der Waals surface area contributed by atoms with Gasteiger partial charge in [-0.15, -0.1) is 0 Å². The third-order valence-electron chi connectivity index (χ3n) is 4.16. The van der Waals surface area contributed by atoms with Crippen molar-refractivity contribution in [3.8, 4) is 0 Å². The summed E-state index contributed by atoms with van der Waals surface area (Å²) in [5.41, 5.74) is 0.766. The molecule has 132 valence electrons. The summed E-state index contributed by atoms with van der Waals surface area (Å²) in [6.07, 6.45) is 1.27. The Morgan fingerprint density at radius 1 is 1.24 bits per heavy atom. The lowest BCUT2D eigenvalue weighted by atomic mass is 9.96. The molecule has 3 amide bonds. The van der Waals surface area contributed by atoms with Crippen LogP contribution >= 0.6 is 0 Å². The Bertz CT molecular complexity index is 723. The van der Waals surface area contributed by atoms with Crippen LogP contribution in [0.3, 0.4) is 0 Å². The van der Waals surface area contributed by atoms with Gasteiger partial charge >= 0.3 is 6.03 Å². The second-order valence-corrected chi connectivity index (χ2v) is 6.01. The van der Waals surface area contributed by atoms with E-state index in [1.54, 1.807) is 11.8 Å². The summed E-state index contributed by atoms with van der Waals surface area (Å²) < 4.78 is 4.97. The van der Waals surface area contributed by atoms with Gasteiger partial charge in [-0.05, 0) is 31.9 Å². The maximum absolute atomic E-state index is 12.2. The van der Waals surface area contributed by atoms with Gasteiger partial charge in [0.25, 0.3) is 0 Å². The van der Waals surface area contributed by atoms with Gasteiger partial charge in [0.1, 0.15) is 0 Å². The zero-order valence-corrected chi connectivity index (χ0v) is 14.1. The summed E-state index contributed by atoms with van der Waals surface area (Å²) in [5, 5.41) is 9.36. The molecule has 1 aliphatic rings. The summed E-state index contributed by atoms with van der Waals surface area (Å²) in [7, 11) is 0. The standard InChI is InChI=1S/C17H21N5O3/c1-12-19-15(25-21-12)11-18-16(23)13-7-9-22(10-8-13)17(24)20-14-5-3-2-4-6-14/h2-6,13H,7-11H2,1H3,(H,18,23)(H,20,24). The summed E-state index contributed by atoms with van der Waals surface area (Å²) in [6, 6.07) is 9.20. The molecule has 25 heavy (non-hydrogen) atoms. The molecule has 0 unspecified atom stereocenters. The van der Waals surface area contributed by atoms with Crippen molar-refractivity contribution in [3.63, 3.8) is 0 Å². The number of carbonyl (C=O) groups is 2. The Morgan fingerprint density at radius 2 is 1.96 bits per heavy atom. The molecule has 0 radical (unpaired) electrons.